The number of alkyl halides is 1. The Kier molecular flexibility index (Phi) is 3.25. The van der Waals surface area contributed by atoms with Crippen LogP contribution in [0.15, 0.2) is 41.0 Å². The topological polar surface area (TPSA) is 31.0 Å². The average molecular weight is 279 g/mol. The van der Waals surface area contributed by atoms with E-state index in [9.17, 15) is 4.39 Å². The summed E-state index contributed by atoms with van der Waals surface area (Å²) in [5.41, 5.74) is 1.14. The first-order valence-corrected chi connectivity index (χ1v) is 6.55. The predicted molar refractivity (Wildman–Crippen MR) is 71.9 cm³/mol. The molecule has 0 unspecified atom stereocenters. The smallest absolute Gasteiger partial charge is 0.151 e. The zero-order valence-electron chi connectivity index (χ0n) is 10.1. The third kappa shape index (κ3) is 2.24. The van der Waals surface area contributed by atoms with Gasteiger partial charge in [-0.1, -0.05) is 6.07 Å². The summed E-state index contributed by atoms with van der Waals surface area (Å²) in [5.74, 6) is 1.71. The molecular weight excluding hydrogens is 267 g/mol. The van der Waals surface area contributed by atoms with E-state index >= 15 is 0 Å². The molecule has 1 aromatic carbocycles. The van der Waals surface area contributed by atoms with Crippen LogP contribution < -0.4 is 0 Å². The first-order chi connectivity index (χ1) is 9.29. The molecule has 19 heavy (non-hydrogen) atoms. The number of hydrogen-bond acceptors (Lipinski definition) is 2. The van der Waals surface area contributed by atoms with Crippen molar-refractivity contribution in [3.63, 3.8) is 0 Å². The molecular formula is C14H12ClFN2O. The summed E-state index contributed by atoms with van der Waals surface area (Å²) < 4.78 is 21.1. The fraction of sp³-hybridized carbons (Fsp3) is 0.214. The van der Waals surface area contributed by atoms with Crippen LogP contribution in [-0.2, 0) is 13.0 Å². The zero-order valence-corrected chi connectivity index (χ0v) is 10.9. The van der Waals surface area contributed by atoms with E-state index in [0.717, 1.165) is 17.1 Å². The molecule has 0 aliphatic heterocycles. The second-order valence-electron chi connectivity index (χ2n) is 4.24. The van der Waals surface area contributed by atoms with Crippen molar-refractivity contribution in [1.29, 1.82) is 0 Å². The fourth-order valence-corrected chi connectivity index (χ4v) is 2.34. The fourth-order valence-electron chi connectivity index (χ4n) is 2.17. The highest BCUT2D eigenvalue weighted by atomic mass is 35.5. The van der Waals surface area contributed by atoms with Crippen molar-refractivity contribution >= 4 is 22.6 Å². The molecule has 0 N–H and O–H groups in total. The number of hydrogen-bond donors (Lipinski definition) is 0. The van der Waals surface area contributed by atoms with Gasteiger partial charge in [-0.3, -0.25) is 0 Å². The number of fused-ring (bicyclic) bond motifs is 1. The quantitative estimate of drug-likeness (QED) is 0.683. The highest BCUT2D eigenvalue weighted by Gasteiger charge is 2.14. The predicted octanol–water partition coefficient (Wildman–Crippen LogP) is 3.60. The molecule has 0 bridgehead atoms. The number of aromatic nitrogens is 2. The summed E-state index contributed by atoms with van der Waals surface area (Å²) in [7, 11) is 0. The van der Waals surface area contributed by atoms with E-state index in [4.69, 9.17) is 16.0 Å². The van der Waals surface area contributed by atoms with E-state index in [1.54, 1.807) is 12.3 Å². The minimum absolute atomic E-state index is 0.313. The van der Waals surface area contributed by atoms with E-state index < -0.39 is 0 Å². The van der Waals surface area contributed by atoms with Crippen molar-refractivity contribution in [1.82, 2.24) is 9.55 Å². The molecule has 0 radical (unpaired) electrons. The molecule has 0 spiro atoms. The Hall–Kier alpha value is -1.81. The summed E-state index contributed by atoms with van der Waals surface area (Å²) in [5, 5.41) is 0. The van der Waals surface area contributed by atoms with E-state index in [2.05, 4.69) is 4.98 Å². The van der Waals surface area contributed by atoms with E-state index in [1.807, 2.05) is 22.8 Å². The molecule has 0 saturated heterocycles. The molecule has 0 amide bonds. The van der Waals surface area contributed by atoms with E-state index in [-0.39, 0.29) is 5.82 Å². The lowest BCUT2D eigenvalue weighted by Gasteiger charge is -2.06. The Morgan fingerprint density at radius 3 is 2.89 bits per heavy atom. The largest absolute Gasteiger partial charge is 0.467 e. The van der Waals surface area contributed by atoms with Gasteiger partial charge >= 0.3 is 0 Å². The van der Waals surface area contributed by atoms with Gasteiger partial charge in [0.1, 0.15) is 17.1 Å². The zero-order chi connectivity index (χ0) is 13.2. The van der Waals surface area contributed by atoms with Gasteiger partial charge in [0.25, 0.3) is 0 Å². The summed E-state index contributed by atoms with van der Waals surface area (Å²) >= 11 is 5.79. The molecule has 2 aromatic heterocycles. The van der Waals surface area contributed by atoms with Gasteiger partial charge < -0.3 is 8.98 Å². The van der Waals surface area contributed by atoms with Crippen LogP contribution in [0.5, 0.6) is 0 Å². The Bertz CT molecular complexity index is 691. The van der Waals surface area contributed by atoms with Crippen LogP contribution in [0.3, 0.4) is 0 Å². The highest BCUT2D eigenvalue weighted by Crippen LogP contribution is 2.21. The Morgan fingerprint density at radius 1 is 1.26 bits per heavy atom. The lowest BCUT2D eigenvalue weighted by atomic mass is 10.3. The SMILES string of the molecule is Fc1cccc2c1nc(CCCl)n2Cc1ccco1. The number of halogens is 2. The Balaban J connectivity index is 2.13. The molecule has 0 fully saturated rings. The van der Waals surface area contributed by atoms with E-state index in [1.165, 1.54) is 6.07 Å². The second-order valence-corrected chi connectivity index (χ2v) is 4.62. The van der Waals surface area contributed by atoms with Crippen molar-refractivity contribution in [2.75, 3.05) is 5.88 Å². The van der Waals surface area contributed by atoms with Gasteiger partial charge in [0.05, 0.1) is 18.3 Å². The number of aryl methyl sites for hydroxylation is 1. The van der Waals surface area contributed by atoms with Crippen molar-refractivity contribution in [2.24, 2.45) is 0 Å². The summed E-state index contributed by atoms with van der Waals surface area (Å²) in [6.45, 7) is 0.527. The molecule has 0 aliphatic carbocycles. The van der Waals surface area contributed by atoms with Gasteiger partial charge in [0.2, 0.25) is 0 Å². The van der Waals surface area contributed by atoms with Crippen molar-refractivity contribution < 1.29 is 8.81 Å². The molecule has 3 rings (SSSR count). The molecule has 3 nitrogen and oxygen atoms in total. The molecule has 0 saturated carbocycles. The molecule has 3 aromatic rings. The third-order valence-corrected chi connectivity index (χ3v) is 3.21. The lowest BCUT2D eigenvalue weighted by Crippen LogP contribution is -2.05. The van der Waals surface area contributed by atoms with Crippen LogP contribution >= 0.6 is 11.6 Å². The Morgan fingerprint density at radius 2 is 2.16 bits per heavy atom. The van der Waals surface area contributed by atoms with Crippen LogP contribution in [0, 0.1) is 5.82 Å². The molecule has 2 heterocycles. The first kappa shape index (κ1) is 12.2. The number of nitrogens with zero attached hydrogens (tertiary/aromatic N) is 2. The standard InChI is InChI=1S/C14H12ClFN2O/c15-7-6-13-17-14-11(16)4-1-5-12(14)18(13)9-10-3-2-8-19-10/h1-5,8H,6-7,9H2. The van der Waals surface area contributed by atoms with Crippen LogP contribution in [0.1, 0.15) is 11.6 Å². The van der Waals surface area contributed by atoms with Gasteiger partial charge in [-0.25, -0.2) is 9.37 Å². The normalized spacial score (nSPS) is 11.3. The molecule has 0 atom stereocenters. The number of furan rings is 1. The average Bonchev–Trinajstić information content (AvgIpc) is 3.01. The molecule has 98 valence electrons. The van der Waals surface area contributed by atoms with Crippen molar-refractivity contribution in [2.45, 2.75) is 13.0 Å². The first-order valence-electron chi connectivity index (χ1n) is 6.01. The summed E-state index contributed by atoms with van der Waals surface area (Å²) in [6.07, 6.45) is 2.21. The van der Waals surface area contributed by atoms with Crippen molar-refractivity contribution in [3.8, 4) is 0 Å². The van der Waals surface area contributed by atoms with Crippen molar-refractivity contribution in [3.05, 3.63) is 54.0 Å². The number of para-hydroxylation sites is 1. The summed E-state index contributed by atoms with van der Waals surface area (Å²) in [4.78, 5) is 4.34. The van der Waals surface area contributed by atoms with Crippen LogP contribution in [0.25, 0.3) is 11.0 Å². The van der Waals surface area contributed by atoms with Gasteiger partial charge in [0, 0.05) is 12.3 Å². The minimum Gasteiger partial charge on any atom is -0.467 e. The van der Waals surface area contributed by atoms with Crippen LogP contribution in [-0.4, -0.2) is 15.4 Å². The molecule has 0 aliphatic rings. The number of imidazole rings is 1. The second kappa shape index (κ2) is 5.05. The maximum atomic E-state index is 13.8. The number of rotatable bonds is 4. The maximum Gasteiger partial charge on any atom is 0.151 e. The minimum atomic E-state index is -0.313. The van der Waals surface area contributed by atoms with E-state index in [0.29, 0.717) is 24.4 Å². The summed E-state index contributed by atoms with van der Waals surface area (Å²) in [6, 6.07) is 8.66. The lowest BCUT2D eigenvalue weighted by molar-refractivity contribution is 0.492. The van der Waals surface area contributed by atoms with Crippen LogP contribution in [0.4, 0.5) is 4.39 Å². The Labute approximate surface area is 114 Å². The highest BCUT2D eigenvalue weighted by molar-refractivity contribution is 6.17. The van der Waals surface area contributed by atoms with Gasteiger partial charge in [0.15, 0.2) is 5.82 Å². The maximum absolute atomic E-state index is 13.8. The van der Waals surface area contributed by atoms with Crippen LogP contribution in [0.2, 0.25) is 0 Å². The van der Waals surface area contributed by atoms with Gasteiger partial charge in [-0.05, 0) is 24.3 Å². The third-order valence-electron chi connectivity index (χ3n) is 3.02. The van der Waals surface area contributed by atoms with Gasteiger partial charge in [-0.2, -0.15) is 0 Å². The van der Waals surface area contributed by atoms with Gasteiger partial charge in [-0.15, -0.1) is 11.6 Å². The number of benzene rings is 1. The monoisotopic (exact) mass is 278 g/mol. The molecule has 5 heteroatoms.